The monoisotopic (exact) mass is 295 g/mol. The highest BCUT2D eigenvalue weighted by molar-refractivity contribution is 5.85. The zero-order chi connectivity index (χ0) is 15.4. The Kier molecular flexibility index (Phi) is 4.79. The lowest BCUT2D eigenvalue weighted by atomic mass is 10.2. The molecule has 0 saturated carbocycles. The lowest BCUT2D eigenvalue weighted by Crippen LogP contribution is -2.50. The van der Waals surface area contributed by atoms with Crippen molar-refractivity contribution in [2.24, 2.45) is 16.8 Å². The Morgan fingerprint density at radius 2 is 2.43 bits per heavy atom. The molecular formula is C13H21N5O3. The molecule has 1 aromatic heterocycles. The van der Waals surface area contributed by atoms with E-state index in [9.17, 15) is 4.79 Å². The highest BCUT2D eigenvalue weighted by Gasteiger charge is 2.26. The summed E-state index contributed by atoms with van der Waals surface area (Å²) in [6, 6.07) is 0. The molecule has 1 aromatic rings. The van der Waals surface area contributed by atoms with Crippen molar-refractivity contribution in [2.75, 3.05) is 24.6 Å². The summed E-state index contributed by atoms with van der Waals surface area (Å²) in [6.45, 7) is 6.02. The zero-order valence-electron chi connectivity index (χ0n) is 12.3. The van der Waals surface area contributed by atoms with Crippen molar-refractivity contribution in [3.05, 3.63) is 22.7 Å². The molecule has 1 aliphatic rings. The van der Waals surface area contributed by atoms with Crippen LogP contribution in [0.25, 0.3) is 0 Å². The molecule has 1 unspecified atom stereocenters. The van der Waals surface area contributed by atoms with E-state index in [-0.39, 0.29) is 11.4 Å². The minimum absolute atomic E-state index is 0.00172. The fraction of sp³-hybridized carbons (Fsp3) is 0.615. The number of oxime groups is 1. The van der Waals surface area contributed by atoms with Crippen LogP contribution in [0.2, 0.25) is 0 Å². The topological polar surface area (TPSA) is 106 Å². The number of morpholine rings is 1. The minimum Gasteiger partial charge on any atom is -0.409 e. The van der Waals surface area contributed by atoms with Crippen LogP contribution in [0.3, 0.4) is 0 Å². The van der Waals surface area contributed by atoms with Crippen LogP contribution in [-0.4, -0.2) is 46.4 Å². The first kappa shape index (κ1) is 15.3. The first-order valence-corrected chi connectivity index (χ1v) is 6.92. The largest absolute Gasteiger partial charge is 0.409 e. The lowest BCUT2D eigenvalue weighted by molar-refractivity contribution is 0.0802. The number of aromatic nitrogens is 2. The molecular weight excluding hydrogens is 274 g/mol. The van der Waals surface area contributed by atoms with Crippen molar-refractivity contribution in [1.82, 2.24) is 9.55 Å². The molecule has 8 nitrogen and oxygen atoms in total. The molecule has 0 spiro atoms. The molecule has 1 atom stereocenters. The van der Waals surface area contributed by atoms with Gasteiger partial charge in [0.25, 0.3) is 5.56 Å². The molecule has 0 radical (unpaired) electrons. The summed E-state index contributed by atoms with van der Waals surface area (Å²) < 4.78 is 7.08. The van der Waals surface area contributed by atoms with Crippen LogP contribution in [0, 0.1) is 5.92 Å². The Hall–Kier alpha value is -2.09. The standard InChI is InChI=1S/C13H21N5O3/c1-9(2)7-18-4-3-15-12(13(18)19)17-5-6-21-10(8-17)11(14)16-20/h3-4,9-10,20H,5-8H2,1-2H3,(H2,14,16). The third-order valence-electron chi connectivity index (χ3n) is 3.27. The first-order chi connectivity index (χ1) is 10.0. The highest BCUT2D eigenvalue weighted by Crippen LogP contribution is 2.11. The molecule has 21 heavy (non-hydrogen) atoms. The Balaban J connectivity index is 2.23. The number of hydrogen-bond donors (Lipinski definition) is 2. The lowest BCUT2D eigenvalue weighted by Gasteiger charge is -2.32. The predicted octanol–water partition coefficient (Wildman–Crippen LogP) is -0.149. The highest BCUT2D eigenvalue weighted by atomic mass is 16.5. The zero-order valence-corrected chi connectivity index (χ0v) is 12.3. The van der Waals surface area contributed by atoms with E-state index in [1.807, 2.05) is 4.90 Å². The van der Waals surface area contributed by atoms with Gasteiger partial charge >= 0.3 is 0 Å². The van der Waals surface area contributed by atoms with Crippen LogP contribution >= 0.6 is 0 Å². The van der Waals surface area contributed by atoms with Crippen LogP contribution in [-0.2, 0) is 11.3 Å². The second-order valence-corrected chi connectivity index (χ2v) is 5.43. The number of nitrogens with two attached hydrogens (primary N) is 1. The van der Waals surface area contributed by atoms with Gasteiger partial charge in [0.1, 0.15) is 6.10 Å². The molecule has 0 aromatic carbocycles. The van der Waals surface area contributed by atoms with Gasteiger partial charge in [-0.3, -0.25) is 4.79 Å². The first-order valence-electron chi connectivity index (χ1n) is 6.92. The van der Waals surface area contributed by atoms with Gasteiger partial charge in [0, 0.05) is 25.5 Å². The molecule has 2 rings (SSSR count). The van der Waals surface area contributed by atoms with E-state index in [4.69, 9.17) is 15.7 Å². The van der Waals surface area contributed by atoms with Crippen molar-refractivity contribution in [2.45, 2.75) is 26.5 Å². The third kappa shape index (κ3) is 3.52. The molecule has 8 heteroatoms. The van der Waals surface area contributed by atoms with Gasteiger partial charge in [-0.25, -0.2) is 4.98 Å². The van der Waals surface area contributed by atoms with Crippen LogP contribution in [0.4, 0.5) is 5.82 Å². The SMILES string of the molecule is CC(C)Cn1ccnc(N2CCOC(C(N)=NO)C2)c1=O. The van der Waals surface area contributed by atoms with E-state index in [0.29, 0.717) is 38.0 Å². The van der Waals surface area contributed by atoms with Crippen molar-refractivity contribution >= 4 is 11.7 Å². The Morgan fingerprint density at radius 3 is 3.10 bits per heavy atom. The third-order valence-corrected chi connectivity index (χ3v) is 3.27. The maximum absolute atomic E-state index is 12.5. The average molecular weight is 295 g/mol. The summed E-state index contributed by atoms with van der Waals surface area (Å²) in [4.78, 5) is 18.5. The fourth-order valence-corrected chi connectivity index (χ4v) is 2.27. The summed E-state index contributed by atoms with van der Waals surface area (Å²) in [5, 5.41) is 11.7. The quantitative estimate of drug-likeness (QED) is 0.346. The van der Waals surface area contributed by atoms with Gasteiger partial charge in [0.15, 0.2) is 11.7 Å². The number of hydrogen-bond acceptors (Lipinski definition) is 6. The normalized spacial score (nSPS) is 20.0. The van der Waals surface area contributed by atoms with Crippen molar-refractivity contribution in [3.8, 4) is 0 Å². The predicted molar refractivity (Wildman–Crippen MR) is 78.7 cm³/mol. The van der Waals surface area contributed by atoms with E-state index in [2.05, 4.69) is 24.0 Å². The van der Waals surface area contributed by atoms with Crippen LogP contribution < -0.4 is 16.2 Å². The second-order valence-electron chi connectivity index (χ2n) is 5.43. The molecule has 0 amide bonds. The van der Waals surface area contributed by atoms with Gasteiger partial charge in [-0.05, 0) is 5.92 Å². The Morgan fingerprint density at radius 1 is 1.67 bits per heavy atom. The number of rotatable bonds is 4. The van der Waals surface area contributed by atoms with Crippen molar-refractivity contribution < 1.29 is 9.94 Å². The molecule has 0 bridgehead atoms. The van der Waals surface area contributed by atoms with Crippen molar-refractivity contribution in [3.63, 3.8) is 0 Å². The van der Waals surface area contributed by atoms with E-state index < -0.39 is 6.10 Å². The van der Waals surface area contributed by atoms with E-state index in [1.165, 1.54) is 0 Å². The smallest absolute Gasteiger partial charge is 0.293 e. The Bertz CT molecular complexity index is 569. The van der Waals surface area contributed by atoms with Crippen LogP contribution in [0.15, 0.2) is 22.3 Å². The van der Waals surface area contributed by atoms with E-state index >= 15 is 0 Å². The fourth-order valence-electron chi connectivity index (χ4n) is 2.27. The number of nitrogens with zero attached hydrogens (tertiary/aromatic N) is 4. The number of amidine groups is 1. The minimum atomic E-state index is -0.538. The molecule has 116 valence electrons. The van der Waals surface area contributed by atoms with Crippen LogP contribution in [0.1, 0.15) is 13.8 Å². The average Bonchev–Trinajstić information content (AvgIpc) is 2.48. The van der Waals surface area contributed by atoms with Gasteiger partial charge < -0.3 is 25.1 Å². The molecule has 3 N–H and O–H groups in total. The maximum atomic E-state index is 12.5. The summed E-state index contributed by atoms with van der Waals surface area (Å²) in [5.41, 5.74) is 5.43. The summed E-state index contributed by atoms with van der Waals surface area (Å²) in [6.07, 6.45) is 2.77. The van der Waals surface area contributed by atoms with Crippen LogP contribution in [0.5, 0.6) is 0 Å². The van der Waals surface area contributed by atoms with E-state index in [0.717, 1.165) is 0 Å². The maximum Gasteiger partial charge on any atom is 0.293 e. The van der Waals surface area contributed by atoms with Gasteiger partial charge in [0.2, 0.25) is 0 Å². The Labute approximate surface area is 122 Å². The molecule has 0 aliphatic carbocycles. The second kappa shape index (κ2) is 6.57. The number of anilines is 1. The van der Waals surface area contributed by atoms with Gasteiger partial charge in [0.05, 0.1) is 13.2 Å². The molecule has 1 aliphatic heterocycles. The molecule has 1 fully saturated rings. The van der Waals surface area contributed by atoms with E-state index in [1.54, 1.807) is 17.0 Å². The van der Waals surface area contributed by atoms with Gasteiger partial charge in [-0.2, -0.15) is 0 Å². The van der Waals surface area contributed by atoms with Crippen molar-refractivity contribution in [1.29, 1.82) is 0 Å². The van der Waals surface area contributed by atoms with Gasteiger partial charge in [-0.15, -0.1) is 0 Å². The molecule has 1 saturated heterocycles. The number of ether oxygens (including phenoxy) is 1. The summed E-state index contributed by atoms with van der Waals surface area (Å²) >= 11 is 0. The summed E-state index contributed by atoms with van der Waals surface area (Å²) in [5.74, 6) is 0.739. The van der Waals surface area contributed by atoms with Gasteiger partial charge in [-0.1, -0.05) is 19.0 Å². The molecule has 2 heterocycles. The summed E-state index contributed by atoms with van der Waals surface area (Å²) in [7, 11) is 0.